The molecule has 1 saturated heterocycles. The van der Waals surface area contributed by atoms with Crippen LogP contribution in [0.3, 0.4) is 0 Å². The molecule has 1 aliphatic heterocycles. The van der Waals surface area contributed by atoms with Crippen LogP contribution < -0.4 is 16.0 Å². The number of carbonyl (C=O) groups excluding carboxylic acids is 2. The van der Waals surface area contributed by atoms with E-state index in [1.807, 2.05) is 0 Å². The molecule has 2 unspecified atom stereocenters. The van der Waals surface area contributed by atoms with Gasteiger partial charge >= 0.3 is 12.0 Å². The Morgan fingerprint density at radius 1 is 0.947 bits per heavy atom. The van der Waals surface area contributed by atoms with Gasteiger partial charge in [-0.05, 0) is 46.4 Å². The van der Waals surface area contributed by atoms with Crippen molar-refractivity contribution in [1.29, 1.82) is 0 Å². The van der Waals surface area contributed by atoms with Gasteiger partial charge in [0, 0.05) is 30.1 Å². The molecule has 206 valence electrons. The van der Waals surface area contributed by atoms with Gasteiger partial charge in [0.25, 0.3) is 0 Å². The molecule has 0 radical (unpaired) electrons. The molecule has 2 amide bonds. The van der Waals surface area contributed by atoms with Gasteiger partial charge in [0.15, 0.2) is 0 Å². The van der Waals surface area contributed by atoms with Crippen molar-refractivity contribution in [2.45, 2.75) is 83.7 Å². The van der Waals surface area contributed by atoms with Crippen LogP contribution in [0.1, 0.15) is 83.1 Å². The Hall–Kier alpha value is -3.12. The van der Waals surface area contributed by atoms with Crippen LogP contribution in [0.25, 0.3) is 0 Å². The standard InChI is InChI=1S/C32H45N3O3/c1-21(2)29(36)38-18-17-33-30(37)35-26-19-27(34-20-26)28(22-9-13-24(14-10-22)31(3,4)5)23-11-15-25(16-12-23)32(6,7)8/h9-16,26-28,34H,1,17-20H2,2-8H3,(H2,33,35,37). The monoisotopic (exact) mass is 519 g/mol. The minimum atomic E-state index is -0.452. The van der Waals surface area contributed by atoms with E-state index < -0.39 is 5.97 Å². The highest BCUT2D eigenvalue weighted by Crippen LogP contribution is 2.35. The number of carbonyl (C=O) groups is 2. The number of benzene rings is 2. The van der Waals surface area contributed by atoms with Crippen LogP contribution in [0, 0.1) is 0 Å². The SMILES string of the molecule is C=C(C)C(=O)OCCNC(=O)NC1CNC(C(c2ccc(C(C)(C)C)cc2)c2ccc(C(C)(C)C)cc2)C1. The molecule has 38 heavy (non-hydrogen) atoms. The van der Waals surface area contributed by atoms with Crippen molar-refractivity contribution in [3.05, 3.63) is 82.9 Å². The minimum absolute atomic E-state index is 0.00293. The summed E-state index contributed by atoms with van der Waals surface area (Å²) in [6.45, 7) is 19.6. The topological polar surface area (TPSA) is 79.5 Å². The molecule has 1 heterocycles. The molecule has 6 nitrogen and oxygen atoms in total. The van der Waals surface area contributed by atoms with Crippen LogP contribution >= 0.6 is 0 Å². The second-order valence-electron chi connectivity index (χ2n) is 12.5. The highest BCUT2D eigenvalue weighted by molar-refractivity contribution is 5.86. The molecule has 0 aromatic heterocycles. The first-order valence-corrected chi connectivity index (χ1v) is 13.6. The number of hydrogen-bond acceptors (Lipinski definition) is 4. The predicted molar refractivity (Wildman–Crippen MR) is 155 cm³/mol. The zero-order valence-corrected chi connectivity index (χ0v) is 24.1. The van der Waals surface area contributed by atoms with E-state index in [0.717, 1.165) is 6.42 Å². The van der Waals surface area contributed by atoms with Crippen molar-refractivity contribution in [3.8, 4) is 0 Å². The number of hydrogen-bond donors (Lipinski definition) is 3. The van der Waals surface area contributed by atoms with Gasteiger partial charge in [-0.25, -0.2) is 9.59 Å². The first kappa shape index (κ1) is 29.4. The first-order chi connectivity index (χ1) is 17.8. The predicted octanol–water partition coefficient (Wildman–Crippen LogP) is 5.56. The summed E-state index contributed by atoms with van der Waals surface area (Å²) >= 11 is 0. The summed E-state index contributed by atoms with van der Waals surface area (Å²) < 4.78 is 5.04. The minimum Gasteiger partial charge on any atom is -0.460 e. The molecule has 3 rings (SSSR count). The van der Waals surface area contributed by atoms with E-state index in [1.165, 1.54) is 22.3 Å². The third-order valence-corrected chi connectivity index (χ3v) is 7.14. The average molecular weight is 520 g/mol. The largest absolute Gasteiger partial charge is 0.460 e. The lowest BCUT2D eigenvalue weighted by atomic mass is 9.80. The Bertz CT molecular complexity index is 1050. The maximum absolute atomic E-state index is 12.4. The average Bonchev–Trinajstić information content (AvgIpc) is 3.29. The van der Waals surface area contributed by atoms with Gasteiger partial charge in [-0.1, -0.05) is 96.7 Å². The second-order valence-corrected chi connectivity index (χ2v) is 12.5. The Morgan fingerprint density at radius 3 is 1.89 bits per heavy atom. The number of esters is 1. The molecule has 6 heteroatoms. The van der Waals surface area contributed by atoms with Gasteiger partial charge in [0.05, 0.1) is 6.54 Å². The number of ether oxygens (including phenoxy) is 1. The van der Waals surface area contributed by atoms with Gasteiger partial charge in [0.2, 0.25) is 0 Å². The number of urea groups is 1. The molecule has 0 bridgehead atoms. The Labute approximate surface area is 228 Å². The fourth-order valence-electron chi connectivity index (χ4n) is 4.84. The Kier molecular flexibility index (Phi) is 9.42. The summed E-state index contributed by atoms with van der Waals surface area (Å²) in [5.74, 6) is -0.290. The van der Waals surface area contributed by atoms with Crippen LogP contribution in [-0.2, 0) is 20.4 Å². The zero-order chi connectivity index (χ0) is 28.1. The van der Waals surface area contributed by atoms with E-state index in [0.29, 0.717) is 12.1 Å². The van der Waals surface area contributed by atoms with Crippen molar-refractivity contribution in [3.63, 3.8) is 0 Å². The smallest absolute Gasteiger partial charge is 0.333 e. The summed E-state index contributed by atoms with van der Waals surface area (Å²) in [6.07, 6.45) is 0.810. The Morgan fingerprint density at radius 2 is 1.45 bits per heavy atom. The summed E-state index contributed by atoms with van der Waals surface area (Å²) in [7, 11) is 0. The third-order valence-electron chi connectivity index (χ3n) is 7.14. The highest BCUT2D eigenvalue weighted by atomic mass is 16.5. The van der Waals surface area contributed by atoms with Gasteiger partial charge in [-0.15, -0.1) is 0 Å². The van der Waals surface area contributed by atoms with Crippen LogP contribution in [0.5, 0.6) is 0 Å². The summed E-state index contributed by atoms with van der Waals surface area (Å²) in [4.78, 5) is 23.9. The van der Waals surface area contributed by atoms with Crippen molar-refractivity contribution in [2.24, 2.45) is 0 Å². The summed E-state index contributed by atoms with van der Waals surface area (Å²) in [5.41, 5.74) is 5.69. The fraction of sp³-hybridized carbons (Fsp3) is 0.500. The van der Waals surface area contributed by atoms with Gasteiger partial charge in [0.1, 0.15) is 6.61 Å². The van der Waals surface area contributed by atoms with Crippen molar-refractivity contribution < 1.29 is 14.3 Å². The highest BCUT2D eigenvalue weighted by Gasteiger charge is 2.33. The molecule has 1 aliphatic rings. The number of nitrogens with one attached hydrogen (secondary N) is 3. The van der Waals surface area contributed by atoms with Crippen molar-refractivity contribution in [2.75, 3.05) is 19.7 Å². The maximum Gasteiger partial charge on any atom is 0.333 e. The summed E-state index contributed by atoms with van der Waals surface area (Å²) in [6, 6.07) is 17.9. The molecule has 2 aromatic rings. The third kappa shape index (κ3) is 7.94. The van der Waals surface area contributed by atoms with Crippen LogP contribution in [-0.4, -0.2) is 43.8 Å². The molecule has 2 atom stereocenters. The van der Waals surface area contributed by atoms with E-state index >= 15 is 0 Å². The maximum atomic E-state index is 12.4. The Balaban J connectivity index is 1.71. The second kappa shape index (κ2) is 12.2. The van der Waals surface area contributed by atoms with Gasteiger partial charge in [-0.3, -0.25) is 0 Å². The molecular formula is C32H45N3O3. The van der Waals surface area contributed by atoms with Gasteiger partial charge in [-0.2, -0.15) is 0 Å². The van der Waals surface area contributed by atoms with E-state index in [1.54, 1.807) is 6.92 Å². The summed E-state index contributed by atoms with van der Waals surface area (Å²) in [5, 5.41) is 9.50. The molecular weight excluding hydrogens is 474 g/mol. The van der Waals surface area contributed by atoms with Crippen LogP contribution in [0.2, 0.25) is 0 Å². The molecule has 0 saturated carbocycles. The normalized spacial score (nSPS) is 17.8. The number of rotatable bonds is 8. The van der Waals surface area contributed by atoms with Crippen LogP contribution in [0.4, 0.5) is 4.79 Å². The molecule has 0 spiro atoms. The van der Waals surface area contributed by atoms with E-state index in [2.05, 4.69) is 113 Å². The molecule has 1 fully saturated rings. The zero-order valence-electron chi connectivity index (χ0n) is 24.1. The fourth-order valence-corrected chi connectivity index (χ4v) is 4.84. The molecule has 3 N–H and O–H groups in total. The first-order valence-electron chi connectivity index (χ1n) is 13.6. The lowest BCUT2D eigenvalue weighted by Gasteiger charge is -2.27. The van der Waals surface area contributed by atoms with Gasteiger partial charge < -0.3 is 20.7 Å². The lowest BCUT2D eigenvalue weighted by molar-refractivity contribution is -0.138. The quantitative estimate of drug-likeness (QED) is 0.242. The molecule has 2 aromatic carbocycles. The van der Waals surface area contributed by atoms with Crippen LogP contribution in [0.15, 0.2) is 60.7 Å². The van der Waals surface area contributed by atoms with E-state index in [-0.39, 0.29) is 48.0 Å². The van der Waals surface area contributed by atoms with Crippen molar-refractivity contribution in [1.82, 2.24) is 16.0 Å². The van der Waals surface area contributed by atoms with E-state index in [4.69, 9.17) is 4.74 Å². The number of amides is 2. The van der Waals surface area contributed by atoms with Crippen molar-refractivity contribution >= 4 is 12.0 Å². The van der Waals surface area contributed by atoms with E-state index in [9.17, 15) is 9.59 Å². The lowest BCUT2D eigenvalue weighted by Crippen LogP contribution is -2.44. The molecule has 0 aliphatic carbocycles.